The molecule has 0 aromatic heterocycles. The summed E-state index contributed by atoms with van der Waals surface area (Å²) >= 11 is 1.89. The average molecular weight is 471 g/mol. The van der Waals surface area contributed by atoms with Crippen molar-refractivity contribution < 1.29 is 14.3 Å². The monoisotopic (exact) mass is 470 g/mol. The molecular weight excluding hydrogens is 428 g/mol. The Hall–Kier alpha value is -1.68. The number of hydrogen-bond acceptors (Lipinski definition) is 4. The third-order valence-corrected chi connectivity index (χ3v) is 8.19. The molecular formula is C29H42O3S. The van der Waals surface area contributed by atoms with Crippen molar-refractivity contribution in [3.05, 3.63) is 59.1 Å². The number of Topliss-reactive ketones (excluding diaryl/α,β-unsaturated/α-hetero) is 1. The number of thioether (sulfide) groups is 1. The van der Waals surface area contributed by atoms with Crippen LogP contribution in [0.15, 0.2) is 59.1 Å². The Morgan fingerprint density at radius 1 is 1.18 bits per heavy atom. The minimum Gasteiger partial charge on any atom is -0.489 e. The molecule has 3 nitrogen and oxygen atoms in total. The maximum Gasteiger partial charge on any atom is 0.175 e. The fourth-order valence-corrected chi connectivity index (χ4v) is 5.76. The summed E-state index contributed by atoms with van der Waals surface area (Å²) in [5.74, 6) is 3.89. The molecule has 0 fully saturated rings. The van der Waals surface area contributed by atoms with E-state index < -0.39 is 0 Å². The van der Waals surface area contributed by atoms with Gasteiger partial charge in [-0.25, -0.2) is 0 Å². The molecule has 1 heterocycles. The molecule has 0 amide bonds. The van der Waals surface area contributed by atoms with Gasteiger partial charge in [0.15, 0.2) is 5.78 Å². The number of fused-ring (bicyclic) bond motifs is 1. The highest BCUT2D eigenvalue weighted by Gasteiger charge is 2.44. The van der Waals surface area contributed by atoms with Crippen molar-refractivity contribution in [2.75, 3.05) is 18.6 Å². The molecule has 0 aromatic carbocycles. The summed E-state index contributed by atoms with van der Waals surface area (Å²) in [7, 11) is 0. The molecule has 1 aliphatic heterocycles. The Bertz CT molecular complexity index is 877. The molecule has 4 heteroatoms. The molecule has 0 aromatic rings. The van der Waals surface area contributed by atoms with Gasteiger partial charge in [0.2, 0.25) is 0 Å². The van der Waals surface area contributed by atoms with E-state index in [1.807, 2.05) is 32.5 Å². The molecule has 33 heavy (non-hydrogen) atoms. The summed E-state index contributed by atoms with van der Waals surface area (Å²) in [5.41, 5.74) is 2.30. The highest BCUT2D eigenvalue weighted by Crippen LogP contribution is 2.51. The van der Waals surface area contributed by atoms with E-state index in [0.29, 0.717) is 11.8 Å². The number of rotatable bonds is 9. The second-order valence-corrected chi connectivity index (χ2v) is 11.6. The molecule has 0 radical (unpaired) electrons. The van der Waals surface area contributed by atoms with Gasteiger partial charge in [-0.15, -0.1) is 0 Å². The van der Waals surface area contributed by atoms with Crippen LogP contribution in [-0.4, -0.2) is 30.5 Å². The highest BCUT2D eigenvalue weighted by atomic mass is 32.2. The minimum absolute atomic E-state index is 0.0297. The lowest BCUT2D eigenvalue weighted by molar-refractivity contribution is -0.129. The van der Waals surface area contributed by atoms with Crippen molar-refractivity contribution in [2.24, 2.45) is 22.7 Å². The van der Waals surface area contributed by atoms with E-state index in [4.69, 9.17) is 9.47 Å². The fraction of sp³-hybridized carbons (Fsp3) is 0.621. The fourth-order valence-electron chi connectivity index (χ4n) is 5.17. The van der Waals surface area contributed by atoms with E-state index in [2.05, 4.69) is 63.5 Å². The molecule has 3 unspecified atom stereocenters. The molecule has 2 aliphatic carbocycles. The minimum atomic E-state index is -0.379. The van der Waals surface area contributed by atoms with E-state index in [1.165, 1.54) is 11.1 Å². The van der Waals surface area contributed by atoms with Crippen LogP contribution in [0.1, 0.15) is 67.2 Å². The third kappa shape index (κ3) is 5.70. The summed E-state index contributed by atoms with van der Waals surface area (Å²) in [6, 6.07) is 0. The summed E-state index contributed by atoms with van der Waals surface area (Å²) in [6.45, 7) is 12.7. The first-order valence-electron chi connectivity index (χ1n) is 12.4. The van der Waals surface area contributed by atoms with Gasteiger partial charge in [-0.3, -0.25) is 4.79 Å². The van der Waals surface area contributed by atoms with Gasteiger partial charge in [0.05, 0.1) is 0 Å². The van der Waals surface area contributed by atoms with Crippen molar-refractivity contribution in [1.82, 2.24) is 0 Å². The molecule has 0 bridgehead atoms. The van der Waals surface area contributed by atoms with Crippen LogP contribution >= 0.6 is 11.8 Å². The standard InChI is InChI=1S/C29H42O3S/c1-8-29(9-2,27-17-22-16-21(19-33-7)11-10-12-25(22)32-27)23-13-14-24(20(3)15-23)31-18-26(30)28(4,5)6/h10,12-14,16-17,22-23,25H,8-9,11,15,18-19H2,1-7H3. The molecule has 182 valence electrons. The van der Waals surface area contributed by atoms with Gasteiger partial charge in [-0.05, 0) is 68.6 Å². The lowest BCUT2D eigenvalue weighted by Crippen LogP contribution is -2.33. The maximum absolute atomic E-state index is 12.3. The number of ketones is 1. The first kappa shape index (κ1) is 25.9. The van der Waals surface area contributed by atoms with E-state index in [-0.39, 0.29) is 29.3 Å². The van der Waals surface area contributed by atoms with Crippen molar-refractivity contribution >= 4 is 17.5 Å². The lowest BCUT2D eigenvalue weighted by Gasteiger charge is -2.40. The first-order valence-corrected chi connectivity index (χ1v) is 13.8. The zero-order valence-electron chi connectivity index (χ0n) is 21.6. The number of carbonyl (C=O) groups is 1. The molecule has 3 aliphatic rings. The van der Waals surface area contributed by atoms with Crippen LogP contribution in [0.2, 0.25) is 0 Å². The van der Waals surface area contributed by atoms with Crippen molar-refractivity contribution in [3.63, 3.8) is 0 Å². The highest BCUT2D eigenvalue weighted by molar-refractivity contribution is 7.98. The smallest absolute Gasteiger partial charge is 0.175 e. The molecule has 0 saturated carbocycles. The molecule has 3 atom stereocenters. The Morgan fingerprint density at radius 3 is 2.52 bits per heavy atom. The summed E-state index contributed by atoms with van der Waals surface area (Å²) in [4.78, 5) is 12.3. The van der Waals surface area contributed by atoms with Crippen LogP contribution in [0.3, 0.4) is 0 Å². The predicted molar refractivity (Wildman–Crippen MR) is 140 cm³/mol. The van der Waals surface area contributed by atoms with Gasteiger partial charge < -0.3 is 9.47 Å². The Morgan fingerprint density at radius 2 is 1.91 bits per heavy atom. The largest absolute Gasteiger partial charge is 0.489 e. The third-order valence-electron chi connectivity index (χ3n) is 7.53. The van der Waals surface area contributed by atoms with Crippen LogP contribution in [0, 0.1) is 22.7 Å². The van der Waals surface area contributed by atoms with Crippen LogP contribution in [-0.2, 0) is 14.3 Å². The second-order valence-electron chi connectivity index (χ2n) is 10.7. The van der Waals surface area contributed by atoms with Gasteiger partial charge in [0.1, 0.15) is 24.2 Å². The first-order chi connectivity index (χ1) is 15.6. The van der Waals surface area contributed by atoms with Gasteiger partial charge in [0.25, 0.3) is 0 Å². The van der Waals surface area contributed by atoms with Gasteiger partial charge in [-0.2, -0.15) is 11.8 Å². The van der Waals surface area contributed by atoms with Crippen LogP contribution in [0.25, 0.3) is 0 Å². The number of allylic oxidation sites excluding steroid dienone is 5. The summed E-state index contributed by atoms with van der Waals surface area (Å²) < 4.78 is 12.6. The molecule has 0 N–H and O–H groups in total. The van der Waals surface area contributed by atoms with Crippen LogP contribution in [0.5, 0.6) is 0 Å². The maximum atomic E-state index is 12.3. The van der Waals surface area contributed by atoms with Crippen LogP contribution < -0.4 is 0 Å². The molecule has 0 spiro atoms. The Balaban J connectivity index is 1.79. The second kappa shape index (κ2) is 10.7. The van der Waals surface area contributed by atoms with Gasteiger partial charge in [-0.1, -0.05) is 58.4 Å². The topological polar surface area (TPSA) is 35.5 Å². The van der Waals surface area contributed by atoms with E-state index in [0.717, 1.165) is 43.0 Å². The quantitative estimate of drug-likeness (QED) is 0.328. The number of hydrogen-bond donors (Lipinski definition) is 0. The average Bonchev–Trinajstić information content (AvgIpc) is 3.07. The summed E-state index contributed by atoms with van der Waals surface area (Å²) in [6.07, 6.45) is 20.0. The zero-order chi connectivity index (χ0) is 24.2. The van der Waals surface area contributed by atoms with Crippen LogP contribution in [0.4, 0.5) is 0 Å². The van der Waals surface area contributed by atoms with E-state index in [9.17, 15) is 4.79 Å². The predicted octanol–water partition coefficient (Wildman–Crippen LogP) is 7.42. The SMILES string of the molecule is CCC(CC)(C1=CC2C=C(CSC)CC=CC2O1)C1C=CC(OCC(=O)C(C)(C)C)=C(C)C1. The normalized spacial score (nSPS) is 25.2. The van der Waals surface area contributed by atoms with E-state index >= 15 is 0 Å². The van der Waals surface area contributed by atoms with Crippen molar-refractivity contribution in [2.45, 2.75) is 73.3 Å². The van der Waals surface area contributed by atoms with Crippen molar-refractivity contribution in [1.29, 1.82) is 0 Å². The van der Waals surface area contributed by atoms with Gasteiger partial charge in [0, 0.05) is 22.5 Å². The van der Waals surface area contributed by atoms with Crippen molar-refractivity contribution in [3.8, 4) is 0 Å². The van der Waals surface area contributed by atoms with Gasteiger partial charge >= 0.3 is 0 Å². The number of carbonyl (C=O) groups excluding carboxylic acids is 1. The molecule has 3 rings (SSSR count). The Labute approximate surface area is 205 Å². The Kier molecular flexibility index (Phi) is 8.42. The summed E-state index contributed by atoms with van der Waals surface area (Å²) in [5, 5.41) is 0. The number of ether oxygens (including phenoxy) is 2. The zero-order valence-corrected chi connectivity index (χ0v) is 22.4. The molecule has 0 saturated heterocycles. The van der Waals surface area contributed by atoms with E-state index in [1.54, 1.807) is 0 Å². The lowest BCUT2D eigenvalue weighted by atomic mass is 9.66.